The molecule has 4 rings (SSSR count). The topological polar surface area (TPSA) is 83.1 Å². The minimum Gasteiger partial charge on any atom is -0.376 e. The molecule has 2 fully saturated rings. The van der Waals surface area contributed by atoms with E-state index in [1.54, 1.807) is 0 Å². The number of ether oxygens (including phenoxy) is 1. The normalized spacial score (nSPS) is 23.2. The molecule has 2 atom stereocenters. The lowest BCUT2D eigenvalue weighted by Crippen LogP contribution is -2.46. The van der Waals surface area contributed by atoms with Crippen molar-refractivity contribution in [3.05, 3.63) is 36.2 Å². The lowest BCUT2D eigenvalue weighted by molar-refractivity contribution is 0.107. The van der Waals surface area contributed by atoms with E-state index in [0.717, 1.165) is 50.2 Å². The minimum atomic E-state index is -0.00648. The third-order valence-electron chi connectivity index (χ3n) is 5.13. The van der Waals surface area contributed by atoms with E-state index >= 15 is 0 Å². The summed E-state index contributed by atoms with van der Waals surface area (Å²) in [5.41, 5.74) is 0.997. The fourth-order valence-corrected chi connectivity index (χ4v) is 3.68. The molecule has 2 aliphatic heterocycles. The summed E-state index contributed by atoms with van der Waals surface area (Å²) in [5.74, 6) is 1.77. The number of likely N-dealkylation sites (tertiary alicyclic amines) is 1. The van der Waals surface area contributed by atoms with Crippen molar-refractivity contribution in [1.82, 2.24) is 25.4 Å². The monoisotopic (exact) mass is 355 g/mol. The molecule has 0 saturated carbocycles. The molecule has 0 bridgehead atoms. The van der Waals surface area contributed by atoms with Gasteiger partial charge < -0.3 is 15.0 Å². The Kier molecular flexibility index (Phi) is 5.15. The zero-order chi connectivity index (χ0) is 17.8. The Morgan fingerprint density at radius 1 is 1.27 bits per heavy atom. The second kappa shape index (κ2) is 7.86. The van der Waals surface area contributed by atoms with Crippen LogP contribution in [-0.4, -0.2) is 58.5 Å². The SMILES string of the molecule is O=C(NCC1CCCO1)N1CCCC(c2nc(-c3ccccc3)n[nH]2)C1. The quantitative estimate of drug-likeness (QED) is 0.883. The van der Waals surface area contributed by atoms with Gasteiger partial charge in [-0.05, 0) is 25.7 Å². The number of rotatable bonds is 4. The number of benzene rings is 1. The number of aromatic amines is 1. The lowest BCUT2D eigenvalue weighted by Gasteiger charge is -2.32. The van der Waals surface area contributed by atoms with Crippen LogP contribution in [0.1, 0.15) is 37.4 Å². The molecule has 2 aliphatic rings. The summed E-state index contributed by atoms with van der Waals surface area (Å²) < 4.78 is 5.57. The van der Waals surface area contributed by atoms with E-state index in [1.165, 1.54) is 0 Å². The zero-order valence-electron chi connectivity index (χ0n) is 14.9. The second-order valence-electron chi connectivity index (χ2n) is 7.02. The van der Waals surface area contributed by atoms with Crippen molar-refractivity contribution in [2.45, 2.75) is 37.7 Å². The van der Waals surface area contributed by atoms with Gasteiger partial charge >= 0.3 is 6.03 Å². The predicted octanol–water partition coefficient (Wildman–Crippen LogP) is 2.54. The van der Waals surface area contributed by atoms with Crippen molar-refractivity contribution < 1.29 is 9.53 Å². The van der Waals surface area contributed by atoms with Gasteiger partial charge in [0, 0.05) is 37.7 Å². The molecule has 2 amide bonds. The summed E-state index contributed by atoms with van der Waals surface area (Å²) >= 11 is 0. The second-order valence-corrected chi connectivity index (χ2v) is 7.02. The molecule has 7 heteroatoms. The Balaban J connectivity index is 1.36. The summed E-state index contributed by atoms with van der Waals surface area (Å²) in [6.45, 7) is 2.86. The van der Waals surface area contributed by atoms with E-state index in [9.17, 15) is 4.79 Å². The van der Waals surface area contributed by atoms with E-state index in [1.807, 2.05) is 35.2 Å². The number of hydrogen-bond acceptors (Lipinski definition) is 4. The van der Waals surface area contributed by atoms with Crippen molar-refractivity contribution in [3.8, 4) is 11.4 Å². The highest BCUT2D eigenvalue weighted by atomic mass is 16.5. The summed E-state index contributed by atoms with van der Waals surface area (Å²) in [5, 5.41) is 10.4. The first-order chi connectivity index (χ1) is 12.8. The van der Waals surface area contributed by atoms with Gasteiger partial charge in [-0.2, -0.15) is 5.10 Å². The third kappa shape index (κ3) is 3.88. The Morgan fingerprint density at radius 3 is 2.96 bits per heavy atom. The molecular formula is C19H25N5O2. The van der Waals surface area contributed by atoms with Crippen molar-refractivity contribution in [2.24, 2.45) is 0 Å². The van der Waals surface area contributed by atoms with Crippen molar-refractivity contribution in [2.75, 3.05) is 26.2 Å². The largest absolute Gasteiger partial charge is 0.376 e. The summed E-state index contributed by atoms with van der Waals surface area (Å²) in [4.78, 5) is 19.0. The first kappa shape index (κ1) is 17.0. The number of H-pyrrole nitrogens is 1. The van der Waals surface area contributed by atoms with Crippen LogP contribution in [0, 0.1) is 0 Å². The molecule has 3 heterocycles. The number of piperidine rings is 1. The van der Waals surface area contributed by atoms with E-state index in [4.69, 9.17) is 4.74 Å². The van der Waals surface area contributed by atoms with Gasteiger partial charge in [0.25, 0.3) is 0 Å². The van der Waals surface area contributed by atoms with Gasteiger partial charge in [-0.3, -0.25) is 5.10 Å². The maximum atomic E-state index is 12.5. The van der Waals surface area contributed by atoms with Crippen molar-refractivity contribution >= 4 is 6.03 Å². The molecular weight excluding hydrogens is 330 g/mol. The number of hydrogen-bond donors (Lipinski definition) is 2. The summed E-state index contributed by atoms with van der Waals surface area (Å²) in [7, 11) is 0. The van der Waals surface area contributed by atoms with Crippen LogP contribution < -0.4 is 5.32 Å². The van der Waals surface area contributed by atoms with Crippen LogP contribution in [0.25, 0.3) is 11.4 Å². The Labute approximate surface area is 153 Å². The van der Waals surface area contributed by atoms with E-state index < -0.39 is 0 Å². The number of urea groups is 1. The Morgan fingerprint density at radius 2 is 2.15 bits per heavy atom. The van der Waals surface area contributed by atoms with Crippen molar-refractivity contribution in [3.63, 3.8) is 0 Å². The van der Waals surface area contributed by atoms with Crippen LogP contribution in [-0.2, 0) is 4.74 Å². The summed E-state index contributed by atoms with van der Waals surface area (Å²) in [6, 6.07) is 9.92. The number of nitrogens with one attached hydrogen (secondary N) is 2. The fraction of sp³-hybridized carbons (Fsp3) is 0.526. The molecule has 2 saturated heterocycles. The van der Waals surface area contributed by atoms with Gasteiger partial charge in [0.1, 0.15) is 5.82 Å². The molecule has 26 heavy (non-hydrogen) atoms. The number of aromatic nitrogens is 3. The highest BCUT2D eigenvalue weighted by molar-refractivity contribution is 5.74. The van der Waals surface area contributed by atoms with Crippen LogP contribution >= 0.6 is 0 Å². The number of nitrogens with zero attached hydrogens (tertiary/aromatic N) is 3. The van der Waals surface area contributed by atoms with Crippen molar-refractivity contribution in [1.29, 1.82) is 0 Å². The van der Waals surface area contributed by atoms with Crippen LogP contribution in [0.15, 0.2) is 30.3 Å². The maximum absolute atomic E-state index is 12.5. The highest BCUT2D eigenvalue weighted by Gasteiger charge is 2.27. The maximum Gasteiger partial charge on any atom is 0.317 e. The molecule has 0 radical (unpaired) electrons. The van der Waals surface area contributed by atoms with Gasteiger partial charge in [0.2, 0.25) is 0 Å². The van der Waals surface area contributed by atoms with Crippen LogP contribution in [0.3, 0.4) is 0 Å². The number of carbonyl (C=O) groups is 1. The molecule has 7 nitrogen and oxygen atoms in total. The van der Waals surface area contributed by atoms with E-state index in [2.05, 4.69) is 20.5 Å². The first-order valence-electron chi connectivity index (χ1n) is 9.41. The third-order valence-corrected chi connectivity index (χ3v) is 5.13. The smallest absolute Gasteiger partial charge is 0.317 e. The lowest BCUT2D eigenvalue weighted by atomic mass is 9.97. The van der Waals surface area contributed by atoms with Crippen LogP contribution in [0.2, 0.25) is 0 Å². The first-order valence-corrected chi connectivity index (χ1v) is 9.41. The van der Waals surface area contributed by atoms with Gasteiger partial charge in [-0.1, -0.05) is 30.3 Å². The average molecular weight is 355 g/mol. The molecule has 2 unspecified atom stereocenters. The van der Waals surface area contributed by atoms with Crippen LogP contribution in [0.5, 0.6) is 0 Å². The summed E-state index contributed by atoms with van der Waals surface area (Å²) in [6.07, 6.45) is 4.27. The molecule has 0 spiro atoms. The van der Waals surface area contributed by atoms with Gasteiger partial charge in [-0.15, -0.1) is 0 Å². The molecule has 0 aliphatic carbocycles. The average Bonchev–Trinajstić information content (AvgIpc) is 3.39. The van der Waals surface area contributed by atoms with Gasteiger partial charge in [-0.25, -0.2) is 9.78 Å². The van der Waals surface area contributed by atoms with E-state index in [-0.39, 0.29) is 18.1 Å². The molecule has 138 valence electrons. The van der Waals surface area contributed by atoms with E-state index in [0.29, 0.717) is 18.9 Å². The number of amides is 2. The van der Waals surface area contributed by atoms with Gasteiger partial charge in [0.05, 0.1) is 6.10 Å². The molecule has 1 aromatic carbocycles. The Bertz CT molecular complexity index is 727. The number of carbonyl (C=O) groups excluding carboxylic acids is 1. The molecule has 2 N–H and O–H groups in total. The highest BCUT2D eigenvalue weighted by Crippen LogP contribution is 2.26. The minimum absolute atomic E-state index is 0.00648. The standard InChI is InChI=1S/C19H25N5O2/c25-19(20-12-16-9-5-11-26-16)24-10-4-8-15(13-24)18-21-17(22-23-18)14-6-2-1-3-7-14/h1-3,6-7,15-16H,4-5,8-13H2,(H,20,25)(H,21,22,23). The molecule has 2 aromatic rings. The molecule has 1 aromatic heterocycles. The Hall–Kier alpha value is -2.41. The van der Waals surface area contributed by atoms with Gasteiger partial charge in [0.15, 0.2) is 5.82 Å². The van der Waals surface area contributed by atoms with Crippen LogP contribution in [0.4, 0.5) is 4.79 Å². The predicted molar refractivity (Wildman–Crippen MR) is 97.7 cm³/mol. The fourth-order valence-electron chi connectivity index (χ4n) is 3.68. The zero-order valence-corrected chi connectivity index (χ0v) is 14.9.